The monoisotopic (exact) mass is 258 g/mol. The molecule has 0 aliphatic rings. The molecule has 0 radical (unpaired) electrons. The molecule has 0 amide bonds. The van der Waals surface area contributed by atoms with E-state index in [1.807, 2.05) is 16.8 Å². The Morgan fingerprint density at radius 3 is 2.63 bits per heavy atom. The first-order valence-corrected chi connectivity index (χ1v) is 6.87. The van der Waals surface area contributed by atoms with Gasteiger partial charge in [0.1, 0.15) is 5.78 Å². The number of ketones is 1. The van der Waals surface area contributed by atoms with Gasteiger partial charge in [-0.25, -0.2) is 0 Å². The van der Waals surface area contributed by atoms with Gasteiger partial charge in [0.2, 0.25) is 0 Å². The van der Waals surface area contributed by atoms with Crippen molar-refractivity contribution in [3.05, 3.63) is 30.0 Å². The van der Waals surface area contributed by atoms with Crippen molar-refractivity contribution >= 4 is 16.7 Å². The molecule has 0 bridgehead atoms. The maximum Gasteiger partial charge on any atom is 0.130 e. The first kappa shape index (κ1) is 13.8. The summed E-state index contributed by atoms with van der Waals surface area (Å²) in [7, 11) is 0. The number of para-hydroxylation sites is 1. The Bertz CT molecular complexity index is 596. The molecule has 1 aromatic carbocycles. The zero-order valence-corrected chi connectivity index (χ0v) is 12.2. The van der Waals surface area contributed by atoms with Crippen LogP contribution in [0, 0.1) is 5.41 Å². The molecule has 3 nitrogen and oxygen atoms in total. The number of aryl methyl sites for hydroxylation is 1. The smallest absolute Gasteiger partial charge is 0.130 e. The number of benzene rings is 1. The molecule has 0 atom stereocenters. The van der Waals surface area contributed by atoms with Gasteiger partial charge in [-0.3, -0.25) is 4.68 Å². The van der Waals surface area contributed by atoms with Crippen LogP contribution in [0.25, 0.3) is 10.9 Å². The van der Waals surface area contributed by atoms with Crippen LogP contribution in [-0.4, -0.2) is 15.6 Å². The Kier molecular flexibility index (Phi) is 3.74. The summed E-state index contributed by atoms with van der Waals surface area (Å²) in [6, 6.07) is 8.31. The van der Waals surface area contributed by atoms with Gasteiger partial charge in [0.15, 0.2) is 0 Å². The summed E-state index contributed by atoms with van der Waals surface area (Å²) in [5.74, 6) is 0.240. The Hall–Kier alpha value is -1.64. The maximum absolute atomic E-state index is 11.3. The molecule has 19 heavy (non-hydrogen) atoms. The lowest BCUT2D eigenvalue weighted by Crippen LogP contribution is -2.19. The number of aromatic nitrogens is 2. The highest BCUT2D eigenvalue weighted by atomic mass is 16.1. The predicted molar refractivity (Wildman–Crippen MR) is 78.2 cm³/mol. The molecule has 102 valence electrons. The number of hydrogen-bond donors (Lipinski definition) is 0. The largest absolute Gasteiger partial charge is 0.300 e. The number of Topliss-reactive ketones (excluding diaryl/α,β-unsaturated/α-hetero) is 1. The van der Waals surface area contributed by atoms with Gasteiger partial charge < -0.3 is 4.79 Å². The quantitative estimate of drug-likeness (QED) is 0.821. The van der Waals surface area contributed by atoms with E-state index in [9.17, 15) is 4.79 Å². The molecule has 0 spiro atoms. The second-order valence-corrected chi connectivity index (χ2v) is 6.00. The molecular weight excluding hydrogens is 236 g/mol. The summed E-state index contributed by atoms with van der Waals surface area (Å²) >= 11 is 0. The highest BCUT2D eigenvalue weighted by Gasteiger charge is 2.23. The summed E-state index contributed by atoms with van der Waals surface area (Å²) in [6.45, 7) is 8.89. The van der Waals surface area contributed by atoms with Crippen molar-refractivity contribution < 1.29 is 4.79 Å². The van der Waals surface area contributed by atoms with Gasteiger partial charge in [-0.05, 0) is 31.7 Å². The van der Waals surface area contributed by atoms with Crippen molar-refractivity contribution in [3.8, 4) is 0 Å². The molecule has 0 fully saturated rings. The minimum Gasteiger partial charge on any atom is -0.300 e. The van der Waals surface area contributed by atoms with E-state index in [0.717, 1.165) is 18.7 Å². The number of carbonyl (C=O) groups is 1. The molecule has 2 rings (SSSR count). The van der Waals surface area contributed by atoms with Crippen LogP contribution in [0.5, 0.6) is 0 Å². The van der Waals surface area contributed by atoms with Gasteiger partial charge >= 0.3 is 0 Å². The van der Waals surface area contributed by atoms with Crippen molar-refractivity contribution in [1.82, 2.24) is 9.78 Å². The van der Waals surface area contributed by atoms with Crippen LogP contribution >= 0.6 is 0 Å². The minimum atomic E-state index is -0.0401. The molecule has 1 aromatic heterocycles. The Morgan fingerprint density at radius 1 is 1.32 bits per heavy atom. The van der Waals surface area contributed by atoms with Crippen molar-refractivity contribution in [1.29, 1.82) is 0 Å². The molecule has 0 unspecified atom stereocenters. The van der Waals surface area contributed by atoms with Crippen molar-refractivity contribution in [2.75, 3.05) is 0 Å². The zero-order valence-electron chi connectivity index (χ0n) is 12.2. The van der Waals surface area contributed by atoms with Crippen LogP contribution < -0.4 is 0 Å². The van der Waals surface area contributed by atoms with Crippen LogP contribution in [0.1, 0.15) is 39.8 Å². The molecule has 1 heterocycles. The van der Waals surface area contributed by atoms with Crippen LogP contribution in [-0.2, 0) is 17.8 Å². The van der Waals surface area contributed by atoms with Gasteiger partial charge in [0.05, 0.1) is 11.2 Å². The van der Waals surface area contributed by atoms with Gasteiger partial charge in [-0.2, -0.15) is 5.10 Å². The normalized spacial score (nSPS) is 12.0. The van der Waals surface area contributed by atoms with E-state index in [4.69, 9.17) is 5.10 Å². The third kappa shape index (κ3) is 3.03. The lowest BCUT2D eigenvalue weighted by atomic mass is 9.82. The van der Waals surface area contributed by atoms with Crippen LogP contribution in [0.15, 0.2) is 24.3 Å². The molecule has 0 N–H and O–H groups in total. The maximum atomic E-state index is 11.3. The van der Waals surface area contributed by atoms with Gasteiger partial charge in [0.25, 0.3) is 0 Å². The van der Waals surface area contributed by atoms with E-state index in [1.54, 1.807) is 6.92 Å². The highest BCUT2D eigenvalue weighted by Crippen LogP contribution is 2.29. The summed E-state index contributed by atoms with van der Waals surface area (Å²) in [4.78, 5) is 11.3. The Balaban J connectivity index is 2.38. The van der Waals surface area contributed by atoms with E-state index in [2.05, 4.69) is 32.9 Å². The van der Waals surface area contributed by atoms with Crippen LogP contribution in [0.2, 0.25) is 0 Å². The number of hydrogen-bond acceptors (Lipinski definition) is 2. The summed E-state index contributed by atoms with van der Waals surface area (Å²) in [5, 5.41) is 5.91. The number of rotatable bonds is 5. The molecule has 0 saturated heterocycles. The highest BCUT2D eigenvalue weighted by molar-refractivity contribution is 5.82. The molecule has 0 aliphatic heterocycles. The second kappa shape index (κ2) is 5.16. The molecule has 3 heteroatoms. The third-order valence-electron chi connectivity index (χ3n) is 3.41. The lowest BCUT2D eigenvalue weighted by Gasteiger charge is -2.22. The number of carbonyl (C=O) groups excluding carboxylic acids is 1. The molecular formula is C16H22N2O. The van der Waals surface area contributed by atoms with Crippen molar-refractivity contribution in [2.24, 2.45) is 5.41 Å². The standard InChI is InChI=1S/C16H22N2O/c1-5-18-15-9-7-6-8-13(15)14(17-18)11-16(3,4)10-12(2)19/h6-9H,5,10-11H2,1-4H3. The number of nitrogens with zero attached hydrogens (tertiary/aromatic N) is 2. The van der Waals surface area contributed by atoms with E-state index in [1.165, 1.54) is 10.9 Å². The average Bonchev–Trinajstić information content (AvgIpc) is 2.65. The van der Waals surface area contributed by atoms with Crippen molar-refractivity contribution in [2.45, 2.75) is 47.1 Å². The minimum absolute atomic E-state index is 0.0401. The summed E-state index contributed by atoms with van der Waals surface area (Å²) in [6.07, 6.45) is 1.43. The van der Waals surface area contributed by atoms with Crippen LogP contribution in [0.4, 0.5) is 0 Å². The Morgan fingerprint density at radius 2 is 2.00 bits per heavy atom. The van der Waals surface area contributed by atoms with Crippen LogP contribution in [0.3, 0.4) is 0 Å². The summed E-state index contributed by atoms with van der Waals surface area (Å²) < 4.78 is 2.04. The fraction of sp³-hybridized carbons (Fsp3) is 0.500. The first-order chi connectivity index (χ1) is 8.93. The lowest BCUT2D eigenvalue weighted by molar-refractivity contribution is -0.118. The number of fused-ring (bicyclic) bond motifs is 1. The SMILES string of the molecule is CCn1nc(CC(C)(C)CC(C)=O)c2ccccc21. The first-order valence-electron chi connectivity index (χ1n) is 6.87. The fourth-order valence-electron chi connectivity index (χ4n) is 2.76. The second-order valence-electron chi connectivity index (χ2n) is 6.00. The van der Waals surface area contributed by atoms with E-state index in [0.29, 0.717) is 6.42 Å². The average molecular weight is 258 g/mol. The van der Waals surface area contributed by atoms with E-state index >= 15 is 0 Å². The summed E-state index contributed by atoms with van der Waals surface area (Å²) in [5.41, 5.74) is 2.24. The van der Waals surface area contributed by atoms with E-state index < -0.39 is 0 Å². The Labute approximate surface area is 114 Å². The fourth-order valence-corrected chi connectivity index (χ4v) is 2.76. The van der Waals surface area contributed by atoms with E-state index in [-0.39, 0.29) is 11.2 Å². The van der Waals surface area contributed by atoms with Gasteiger partial charge in [-0.1, -0.05) is 32.0 Å². The van der Waals surface area contributed by atoms with Gasteiger partial charge in [-0.15, -0.1) is 0 Å². The van der Waals surface area contributed by atoms with Crippen molar-refractivity contribution in [3.63, 3.8) is 0 Å². The molecule has 0 saturated carbocycles. The molecule has 2 aromatic rings. The topological polar surface area (TPSA) is 34.9 Å². The third-order valence-corrected chi connectivity index (χ3v) is 3.41. The molecule has 0 aliphatic carbocycles. The predicted octanol–water partition coefficient (Wildman–Crippen LogP) is 3.60. The zero-order chi connectivity index (χ0) is 14.0. The van der Waals surface area contributed by atoms with Gasteiger partial charge in [0, 0.05) is 18.4 Å².